The van der Waals surface area contributed by atoms with Crippen LogP contribution in [0.1, 0.15) is 36.8 Å². The molecule has 0 radical (unpaired) electrons. The van der Waals surface area contributed by atoms with E-state index in [1.165, 1.54) is 0 Å². The molecule has 0 aromatic heterocycles. The number of aliphatic carboxylic acids is 1. The Labute approximate surface area is 204 Å². The maximum atomic E-state index is 12.3. The molecule has 0 aliphatic heterocycles. The molecular weight excluding hydrogens is 472 g/mol. The Balaban J connectivity index is 1.45. The van der Waals surface area contributed by atoms with Gasteiger partial charge in [-0.25, -0.2) is 18.0 Å². The van der Waals surface area contributed by atoms with Crippen molar-refractivity contribution in [1.29, 1.82) is 0 Å². The number of nitrogens with one attached hydrogen (secondary N) is 2. The maximum Gasteiger partial charge on any atom is 0.407 e. The van der Waals surface area contributed by atoms with Crippen molar-refractivity contribution in [2.75, 3.05) is 25.2 Å². The van der Waals surface area contributed by atoms with Gasteiger partial charge >= 0.3 is 12.1 Å². The molecule has 2 aromatic carbocycles. The molecule has 2 amide bonds. The summed E-state index contributed by atoms with van der Waals surface area (Å²) in [5, 5.41) is 14.2. The van der Waals surface area contributed by atoms with Gasteiger partial charge in [0.05, 0.1) is 5.75 Å². The zero-order valence-electron chi connectivity index (χ0n) is 19.7. The quantitative estimate of drug-likeness (QED) is 0.429. The third-order valence-corrected chi connectivity index (χ3v) is 6.86. The van der Waals surface area contributed by atoms with Crippen LogP contribution in [0, 0.1) is 5.92 Å². The standard InChI is InChI=1S/C25H30N2O7S/c1-16(13-23(28)27-22(24(29)30)11-12-35(2,32)33)14-26-25(31)34-15-21-19-9-5-3-7-17(19)18-8-4-6-10-20(18)21/h3-10,16,21-22H,11-15H2,1-2H3,(H,26,31)(H,27,28)(H,29,30). The summed E-state index contributed by atoms with van der Waals surface area (Å²) in [4.78, 5) is 35.8. The third-order valence-electron chi connectivity index (χ3n) is 5.88. The second-order valence-corrected chi connectivity index (χ2v) is 11.2. The Morgan fingerprint density at radius 1 is 1.03 bits per heavy atom. The number of carbonyl (C=O) groups is 3. The second kappa shape index (κ2) is 11.4. The smallest absolute Gasteiger partial charge is 0.407 e. The molecular formula is C25H30N2O7S. The summed E-state index contributed by atoms with van der Waals surface area (Å²) in [5.41, 5.74) is 4.48. The molecule has 9 nitrogen and oxygen atoms in total. The first-order valence-electron chi connectivity index (χ1n) is 11.3. The fourth-order valence-corrected chi connectivity index (χ4v) is 4.80. The van der Waals surface area contributed by atoms with Crippen LogP contribution in [0.5, 0.6) is 0 Å². The average Bonchev–Trinajstić information content (AvgIpc) is 3.12. The first kappa shape index (κ1) is 26.2. The summed E-state index contributed by atoms with van der Waals surface area (Å²) < 4.78 is 28.0. The Morgan fingerprint density at radius 2 is 1.60 bits per heavy atom. The molecule has 0 heterocycles. The van der Waals surface area contributed by atoms with Crippen LogP contribution in [0.15, 0.2) is 48.5 Å². The van der Waals surface area contributed by atoms with Gasteiger partial charge in [0.25, 0.3) is 0 Å². The van der Waals surface area contributed by atoms with E-state index in [0.29, 0.717) is 0 Å². The first-order valence-corrected chi connectivity index (χ1v) is 13.4. The van der Waals surface area contributed by atoms with Gasteiger partial charge in [0.15, 0.2) is 0 Å². The number of carboxylic acid groups (broad SMARTS) is 1. The van der Waals surface area contributed by atoms with Crippen LogP contribution in [-0.4, -0.2) is 62.7 Å². The van der Waals surface area contributed by atoms with E-state index < -0.39 is 33.8 Å². The number of rotatable bonds is 11. The van der Waals surface area contributed by atoms with Crippen molar-refractivity contribution in [3.63, 3.8) is 0 Å². The van der Waals surface area contributed by atoms with Crippen LogP contribution in [0.3, 0.4) is 0 Å². The van der Waals surface area contributed by atoms with Crippen LogP contribution < -0.4 is 10.6 Å². The van der Waals surface area contributed by atoms with Gasteiger partial charge in [-0.1, -0.05) is 55.5 Å². The molecule has 2 atom stereocenters. The van der Waals surface area contributed by atoms with Crippen LogP contribution in [0.4, 0.5) is 4.79 Å². The van der Waals surface area contributed by atoms with E-state index in [0.717, 1.165) is 28.5 Å². The molecule has 3 rings (SSSR count). The number of hydrogen-bond acceptors (Lipinski definition) is 6. The monoisotopic (exact) mass is 502 g/mol. The van der Waals surface area contributed by atoms with Crippen LogP contribution in [-0.2, 0) is 24.2 Å². The molecule has 0 saturated heterocycles. The minimum absolute atomic E-state index is 0.0354. The summed E-state index contributed by atoms with van der Waals surface area (Å²) in [6.45, 7) is 2.07. The van der Waals surface area contributed by atoms with Gasteiger partial charge in [0.1, 0.15) is 22.5 Å². The summed E-state index contributed by atoms with van der Waals surface area (Å²) in [7, 11) is -3.35. The minimum atomic E-state index is -3.35. The largest absolute Gasteiger partial charge is 0.480 e. The zero-order chi connectivity index (χ0) is 25.6. The maximum absolute atomic E-state index is 12.3. The van der Waals surface area contributed by atoms with Crippen LogP contribution in [0.25, 0.3) is 11.1 Å². The highest BCUT2D eigenvalue weighted by Crippen LogP contribution is 2.44. The van der Waals surface area contributed by atoms with E-state index in [2.05, 4.69) is 22.8 Å². The van der Waals surface area contributed by atoms with Gasteiger partial charge in [-0.2, -0.15) is 0 Å². The highest BCUT2D eigenvalue weighted by Gasteiger charge is 2.29. The molecule has 1 aliphatic rings. The lowest BCUT2D eigenvalue weighted by atomic mass is 9.98. The number of hydrogen-bond donors (Lipinski definition) is 3. The summed E-state index contributed by atoms with van der Waals surface area (Å²) in [6, 6.07) is 14.8. The normalized spacial score (nSPS) is 14.3. The predicted molar refractivity (Wildman–Crippen MR) is 131 cm³/mol. The molecule has 2 unspecified atom stereocenters. The molecule has 188 valence electrons. The summed E-state index contributed by atoms with van der Waals surface area (Å²) >= 11 is 0. The van der Waals surface area contributed by atoms with Gasteiger partial charge in [-0.05, 0) is 34.6 Å². The summed E-state index contributed by atoms with van der Waals surface area (Å²) in [5.74, 6) is -2.53. The molecule has 2 aromatic rings. The van der Waals surface area contributed by atoms with E-state index in [1.807, 2.05) is 36.4 Å². The highest BCUT2D eigenvalue weighted by molar-refractivity contribution is 7.90. The lowest BCUT2D eigenvalue weighted by Gasteiger charge is -2.17. The molecule has 3 N–H and O–H groups in total. The minimum Gasteiger partial charge on any atom is -0.480 e. The van der Waals surface area contributed by atoms with Crippen molar-refractivity contribution in [3.8, 4) is 11.1 Å². The molecule has 1 aliphatic carbocycles. The van der Waals surface area contributed by atoms with Gasteiger partial charge in [0.2, 0.25) is 5.91 Å². The second-order valence-electron chi connectivity index (χ2n) is 8.89. The zero-order valence-corrected chi connectivity index (χ0v) is 20.5. The fourth-order valence-electron chi connectivity index (χ4n) is 4.14. The van der Waals surface area contributed by atoms with Crippen molar-refractivity contribution in [2.24, 2.45) is 5.92 Å². The molecule has 0 spiro atoms. The van der Waals surface area contributed by atoms with Gasteiger partial charge in [-0.15, -0.1) is 0 Å². The van der Waals surface area contributed by atoms with Crippen LogP contribution in [0.2, 0.25) is 0 Å². The number of sulfone groups is 1. The van der Waals surface area contributed by atoms with Crippen molar-refractivity contribution >= 4 is 27.8 Å². The Hall–Kier alpha value is -3.40. The molecule has 35 heavy (non-hydrogen) atoms. The van der Waals surface area contributed by atoms with Crippen molar-refractivity contribution in [2.45, 2.75) is 31.7 Å². The van der Waals surface area contributed by atoms with Crippen LogP contribution >= 0.6 is 0 Å². The number of amides is 2. The lowest BCUT2D eigenvalue weighted by molar-refractivity contribution is -0.142. The third kappa shape index (κ3) is 7.29. The molecule has 0 saturated carbocycles. The van der Waals surface area contributed by atoms with Crippen molar-refractivity contribution < 1.29 is 32.6 Å². The Bertz CT molecular complexity index is 1150. The predicted octanol–water partition coefficient (Wildman–Crippen LogP) is 2.56. The van der Waals surface area contributed by atoms with Gasteiger partial charge < -0.3 is 20.5 Å². The molecule has 0 fully saturated rings. The topological polar surface area (TPSA) is 139 Å². The number of carboxylic acids is 1. The molecule has 10 heteroatoms. The van der Waals surface area contributed by atoms with E-state index in [1.54, 1.807) is 6.92 Å². The van der Waals surface area contributed by atoms with Crippen molar-refractivity contribution in [3.05, 3.63) is 59.7 Å². The Kier molecular flexibility index (Phi) is 8.50. The Morgan fingerprint density at radius 3 is 2.14 bits per heavy atom. The number of ether oxygens (including phenoxy) is 1. The van der Waals surface area contributed by atoms with E-state index in [-0.39, 0.29) is 43.6 Å². The number of alkyl carbamates (subject to hydrolysis) is 1. The number of benzene rings is 2. The van der Waals surface area contributed by atoms with E-state index in [4.69, 9.17) is 4.74 Å². The number of carbonyl (C=O) groups excluding carboxylic acids is 2. The number of fused-ring (bicyclic) bond motifs is 3. The van der Waals surface area contributed by atoms with E-state index in [9.17, 15) is 27.9 Å². The highest BCUT2D eigenvalue weighted by atomic mass is 32.2. The SMILES string of the molecule is CC(CNC(=O)OCC1c2ccccc2-c2ccccc21)CC(=O)NC(CCS(C)(=O)=O)C(=O)O. The van der Waals surface area contributed by atoms with Gasteiger partial charge in [-0.3, -0.25) is 4.79 Å². The lowest BCUT2D eigenvalue weighted by Crippen LogP contribution is -2.43. The first-order chi connectivity index (χ1) is 16.5. The van der Waals surface area contributed by atoms with E-state index >= 15 is 0 Å². The molecule has 0 bridgehead atoms. The van der Waals surface area contributed by atoms with Crippen molar-refractivity contribution in [1.82, 2.24) is 10.6 Å². The fraction of sp³-hybridized carbons (Fsp3) is 0.400. The van der Waals surface area contributed by atoms with Gasteiger partial charge in [0, 0.05) is 25.1 Å². The average molecular weight is 503 g/mol. The summed E-state index contributed by atoms with van der Waals surface area (Å²) in [6.07, 6.45) is 0.152.